The summed E-state index contributed by atoms with van der Waals surface area (Å²) < 4.78 is 40.3. The number of halogens is 5. The molecule has 7 heteroatoms. The van der Waals surface area contributed by atoms with Gasteiger partial charge in [0.15, 0.2) is 0 Å². The fraction of sp³-hybridized carbons (Fsp3) is 0.440. The molecular weight excluding hydrogens is 458 g/mol. The number of alkyl halides is 3. The van der Waals surface area contributed by atoms with Gasteiger partial charge in [0.1, 0.15) is 0 Å². The fourth-order valence-corrected chi connectivity index (χ4v) is 4.49. The summed E-state index contributed by atoms with van der Waals surface area (Å²) in [5.74, 6) is 0. The third-order valence-electron chi connectivity index (χ3n) is 5.81. The SMILES string of the molecule is CCCCN(CCCC)CC(O)c1cc2ccc(Cl)c(Cl)c2c2cc(C(F)(F)F)ccc12. The van der Waals surface area contributed by atoms with Crippen molar-refractivity contribution in [1.29, 1.82) is 0 Å². The summed E-state index contributed by atoms with van der Waals surface area (Å²) >= 11 is 12.6. The average molecular weight is 486 g/mol. The third-order valence-corrected chi connectivity index (χ3v) is 6.62. The van der Waals surface area contributed by atoms with Crippen LogP contribution in [0.4, 0.5) is 13.2 Å². The summed E-state index contributed by atoms with van der Waals surface area (Å²) in [6.07, 6.45) is -1.18. The van der Waals surface area contributed by atoms with E-state index in [1.807, 2.05) is 6.07 Å². The van der Waals surface area contributed by atoms with Gasteiger partial charge >= 0.3 is 6.18 Å². The zero-order valence-corrected chi connectivity index (χ0v) is 19.8. The highest BCUT2D eigenvalue weighted by Crippen LogP contribution is 2.41. The summed E-state index contributed by atoms with van der Waals surface area (Å²) in [5.41, 5.74) is -0.167. The van der Waals surface area contributed by atoms with E-state index in [4.69, 9.17) is 23.2 Å². The number of aliphatic hydroxyl groups excluding tert-OH is 1. The first-order valence-corrected chi connectivity index (χ1v) is 11.7. The maximum Gasteiger partial charge on any atom is 0.416 e. The van der Waals surface area contributed by atoms with Gasteiger partial charge in [-0.3, -0.25) is 0 Å². The molecule has 2 nitrogen and oxygen atoms in total. The molecule has 0 saturated carbocycles. The van der Waals surface area contributed by atoms with Gasteiger partial charge in [0.2, 0.25) is 0 Å². The van der Waals surface area contributed by atoms with Crippen LogP contribution in [0.25, 0.3) is 21.5 Å². The molecular formula is C25H28Cl2F3NO. The van der Waals surface area contributed by atoms with Crippen LogP contribution in [0.3, 0.4) is 0 Å². The molecule has 32 heavy (non-hydrogen) atoms. The topological polar surface area (TPSA) is 23.5 Å². The van der Waals surface area contributed by atoms with Crippen molar-refractivity contribution in [3.63, 3.8) is 0 Å². The van der Waals surface area contributed by atoms with Crippen LogP contribution in [0.15, 0.2) is 36.4 Å². The maximum absolute atomic E-state index is 13.4. The second kappa shape index (κ2) is 10.6. The highest BCUT2D eigenvalue weighted by molar-refractivity contribution is 6.46. The molecule has 0 spiro atoms. The van der Waals surface area contributed by atoms with Gasteiger partial charge < -0.3 is 10.0 Å². The summed E-state index contributed by atoms with van der Waals surface area (Å²) in [6, 6.07) is 8.74. The summed E-state index contributed by atoms with van der Waals surface area (Å²) in [4.78, 5) is 2.23. The van der Waals surface area contributed by atoms with E-state index in [-0.39, 0.29) is 10.0 Å². The third kappa shape index (κ3) is 5.51. The Balaban J connectivity index is 2.14. The number of benzene rings is 3. The number of fused-ring (bicyclic) bond motifs is 3. The van der Waals surface area contributed by atoms with E-state index in [0.29, 0.717) is 33.7 Å². The first-order valence-electron chi connectivity index (χ1n) is 11.0. The second-order valence-corrected chi connectivity index (χ2v) is 8.99. The van der Waals surface area contributed by atoms with Gasteiger partial charge in [-0.1, -0.05) is 62.0 Å². The molecule has 174 valence electrons. The van der Waals surface area contributed by atoms with Crippen molar-refractivity contribution in [3.05, 3.63) is 57.6 Å². The summed E-state index contributed by atoms with van der Waals surface area (Å²) in [6.45, 7) is 6.41. The van der Waals surface area contributed by atoms with Crippen LogP contribution in [0.5, 0.6) is 0 Å². The molecule has 1 unspecified atom stereocenters. The van der Waals surface area contributed by atoms with Crippen molar-refractivity contribution in [2.24, 2.45) is 0 Å². The van der Waals surface area contributed by atoms with Crippen molar-refractivity contribution >= 4 is 44.7 Å². The Bertz CT molecular complexity index is 1080. The normalized spacial score (nSPS) is 13.4. The van der Waals surface area contributed by atoms with Crippen molar-refractivity contribution in [2.75, 3.05) is 19.6 Å². The number of rotatable bonds is 9. The number of nitrogens with zero attached hydrogens (tertiary/aromatic N) is 1. The summed E-state index contributed by atoms with van der Waals surface area (Å²) in [5, 5.41) is 13.7. The molecule has 1 atom stereocenters. The van der Waals surface area contributed by atoms with E-state index in [1.54, 1.807) is 12.1 Å². The quantitative estimate of drug-likeness (QED) is 0.308. The molecule has 1 N–H and O–H groups in total. The second-order valence-electron chi connectivity index (χ2n) is 8.21. The molecule has 0 aliphatic heterocycles. The highest BCUT2D eigenvalue weighted by atomic mass is 35.5. The van der Waals surface area contributed by atoms with Crippen LogP contribution in [0.1, 0.15) is 56.8 Å². The molecule has 3 rings (SSSR count). The monoisotopic (exact) mass is 485 g/mol. The number of hydrogen-bond donors (Lipinski definition) is 1. The van der Waals surface area contributed by atoms with Crippen LogP contribution in [-0.4, -0.2) is 29.6 Å². The number of unbranched alkanes of at least 4 members (excludes halogenated alkanes) is 2. The maximum atomic E-state index is 13.4. The minimum atomic E-state index is -4.49. The molecule has 0 bridgehead atoms. The van der Waals surface area contributed by atoms with E-state index in [0.717, 1.165) is 50.9 Å². The van der Waals surface area contributed by atoms with Gasteiger partial charge in [-0.15, -0.1) is 0 Å². The van der Waals surface area contributed by atoms with Gasteiger partial charge in [0, 0.05) is 11.9 Å². The zero-order chi connectivity index (χ0) is 23.5. The van der Waals surface area contributed by atoms with Crippen LogP contribution in [0.2, 0.25) is 10.0 Å². The minimum absolute atomic E-state index is 0.210. The van der Waals surface area contributed by atoms with Crippen molar-refractivity contribution in [3.8, 4) is 0 Å². The van der Waals surface area contributed by atoms with Gasteiger partial charge in [0.05, 0.1) is 21.7 Å². The smallest absolute Gasteiger partial charge is 0.387 e. The largest absolute Gasteiger partial charge is 0.416 e. The van der Waals surface area contributed by atoms with Gasteiger partial charge in [0.25, 0.3) is 0 Å². The molecule has 0 aliphatic carbocycles. The Kier molecular flexibility index (Phi) is 8.31. The number of hydrogen-bond acceptors (Lipinski definition) is 2. The molecule has 0 aromatic heterocycles. The van der Waals surface area contributed by atoms with E-state index >= 15 is 0 Å². The van der Waals surface area contributed by atoms with E-state index in [9.17, 15) is 18.3 Å². The Morgan fingerprint density at radius 3 is 2.19 bits per heavy atom. The number of aliphatic hydroxyl groups is 1. The van der Waals surface area contributed by atoms with Crippen molar-refractivity contribution in [1.82, 2.24) is 4.90 Å². The lowest BCUT2D eigenvalue weighted by Crippen LogP contribution is -2.30. The average Bonchev–Trinajstić information content (AvgIpc) is 2.76. The Labute approximate surface area is 196 Å². The predicted octanol–water partition coefficient (Wildman–Crippen LogP) is 8.25. The molecule has 0 fully saturated rings. The van der Waals surface area contributed by atoms with E-state index in [1.165, 1.54) is 6.07 Å². The Morgan fingerprint density at radius 2 is 1.59 bits per heavy atom. The zero-order valence-electron chi connectivity index (χ0n) is 18.3. The molecule has 0 amide bonds. The Morgan fingerprint density at radius 1 is 0.938 bits per heavy atom. The first-order chi connectivity index (χ1) is 15.2. The van der Waals surface area contributed by atoms with E-state index < -0.39 is 17.8 Å². The minimum Gasteiger partial charge on any atom is -0.387 e. The van der Waals surface area contributed by atoms with Crippen molar-refractivity contribution in [2.45, 2.75) is 51.8 Å². The first kappa shape index (κ1) is 25.1. The summed E-state index contributed by atoms with van der Waals surface area (Å²) in [7, 11) is 0. The van der Waals surface area contributed by atoms with Crippen molar-refractivity contribution < 1.29 is 18.3 Å². The highest BCUT2D eigenvalue weighted by Gasteiger charge is 2.31. The molecule has 3 aromatic rings. The van der Waals surface area contributed by atoms with Crippen LogP contribution in [-0.2, 0) is 6.18 Å². The molecule has 0 aliphatic rings. The molecule has 0 radical (unpaired) electrons. The Hall–Kier alpha value is -1.53. The molecule has 0 saturated heterocycles. The lowest BCUT2D eigenvalue weighted by molar-refractivity contribution is -0.137. The van der Waals surface area contributed by atoms with Crippen LogP contribution >= 0.6 is 23.2 Å². The van der Waals surface area contributed by atoms with Gasteiger partial charge in [-0.05, 0) is 71.9 Å². The predicted molar refractivity (Wildman–Crippen MR) is 128 cm³/mol. The van der Waals surface area contributed by atoms with Crippen LogP contribution < -0.4 is 0 Å². The lowest BCUT2D eigenvalue weighted by Gasteiger charge is -2.26. The van der Waals surface area contributed by atoms with E-state index in [2.05, 4.69) is 18.7 Å². The standard InChI is InChI=1S/C25H28Cl2F3NO/c1-3-5-11-31(12-6-4-2)15-22(32)19-13-16-7-10-21(26)24(27)23(16)20-14-17(25(28,29)30)8-9-18(19)20/h7-10,13-14,22,32H,3-6,11-12,15H2,1-2H3. The van der Waals surface area contributed by atoms with Gasteiger partial charge in [-0.2, -0.15) is 13.2 Å². The fourth-order valence-electron chi connectivity index (χ4n) is 4.06. The molecule has 3 aromatic carbocycles. The van der Waals surface area contributed by atoms with Crippen LogP contribution in [0, 0.1) is 0 Å². The molecule has 0 heterocycles. The lowest BCUT2D eigenvalue weighted by atomic mass is 9.92. The van der Waals surface area contributed by atoms with Gasteiger partial charge in [-0.25, -0.2) is 0 Å².